The van der Waals surface area contributed by atoms with E-state index in [1.165, 1.54) is 18.9 Å². The van der Waals surface area contributed by atoms with E-state index in [1.54, 1.807) is 25.1 Å². The Hall–Kier alpha value is -2.91. The lowest BCUT2D eigenvalue weighted by molar-refractivity contribution is -0.385. The molecule has 0 bridgehead atoms. The quantitative estimate of drug-likeness (QED) is 0.406. The van der Waals surface area contributed by atoms with Crippen LogP contribution in [0, 0.1) is 16.0 Å². The molecule has 0 amide bonds. The van der Waals surface area contributed by atoms with Crippen molar-refractivity contribution in [3.05, 3.63) is 62.6 Å². The van der Waals surface area contributed by atoms with Crippen molar-refractivity contribution in [1.29, 1.82) is 0 Å². The Balaban J connectivity index is 1.64. The lowest BCUT2D eigenvalue weighted by Crippen LogP contribution is -2.51. The SMILES string of the molecule is CC1=C(C(=O)O)C(c2ccccc2[N+](=O)[O-])C2=C(N1)N(C)N(C(C)OC1CCCC1)C2C1CCCC1. The van der Waals surface area contributed by atoms with E-state index in [9.17, 15) is 20.0 Å². The molecule has 2 fully saturated rings. The van der Waals surface area contributed by atoms with Gasteiger partial charge in [0, 0.05) is 29.9 Å². The molecule has 4 aliphatic rings. The van der Waals surface area contributed by atoms with Crippen molar-refractivity contribution in [3.63, 3.8) is 0 Å². The van der Waals surface area contributed by atoms with Crippen molar-refractivity contribution in [1.82, 2.24) is 15.3 Å². The standard InChI is InChI=1S/C27H36N4O5/c1-16-22(27(32)33)23(20-14-8-9-15-21(20)31(34)35)24-25(18-10-4-5-11-18)30(29(3)26(24)28-16)17(2)36-19-12-6-7-13-19/h8-9,14-15,17-19,23,25,28H,4-7,10-13H2,1-3H3,(H,32,33). The number of nitrogens with one attached hydrogen (secondary N) is 1. The van der Waals surface area contributed by atoms with Crippen LogP contribution in [-0.4, -0.2) is 51.4 Å². The van der Waals surface area contributed by atoms with Gasteiger partial charge in [0.05, 0.1) is 28.6 Å². The highest BCUT2D eigenvalue weighted by Gasteiger charge is 2.52. The number of carboxylic acid groups (broad SMARTS) is 1. The van der Waals surface area contributed by atoms with Crippen LogP contribution in [0.2, 0.25) is 0 Å². The summed E-state index contributed by atoms with van der Waals surface area (Å²) in [4.78, 5) is 24.3. The smallest absolute Gasteiger partial charge is 0.334 e. The minimum atomic E-state index is -1.06. The third-order valence-electron chi connectivity index (χ3n) is 8.44. The molecule has 1 aromatic carbocycles. The van der Waals surface area contributed by atoms with E-state index in [2.05, 4.69) is 22.3 Å². The van der Waals surface area contributed by atoms with Crippen LogP contribution < -0.4 is 5.32 Å². The van der Waals surface area contributed by atoms with Gasteiger partial charge in [-0.2, -0.15) is 5.01 Å². The Kier molecular flexibility index (Phi) is 6.78. The lowest BCUT2D eigenvalue weighted by atomic mass is 9.75. The number of aliphatic carboxylic acids is 1. The van der Waals surface area contributed by atoms with Crippen molar-refractivity contribution in [2.45, 2.75) is 89.5 Å². The summed E-state index contributed by atoms with van der Waals surface area (Å²) in [5, 5.41) is 30.1. The van der Waals surface area contributed by atoms with Gasteiger partial charge in [0.1, 0.15) is 12.0 Å². The molecule has 36 heavy (non-hydrogen) atoms. The maximum absolute atomic E-state index is 12.6. The van der Waals surface area contributed by atoms with E-state index in [4.69, 9.17) is 4.74 Å². The fraction of sp³-hybridized carbons (Fsp3) is 0.593. The zero-order valence-corrected chi connectivity index (χ0v) is 21.3. The topological polar surface area (TPSA) is 108 Å². The average molecular weight is 497 g/mol. The average Bonchev–Trinajstić information content (AvgIpc) is 3.60. The van der Waals surface area contributed by atoms with Crippen molar-refractivity contribution in [2.75, 3.05) is 7.05 Å². The maximum atomic E-state index is 12.6. The number of carboxylic acids is 1. The Morgan fingerprint density at radius 2 is 1.81 bits per heavy atom. The number of para-hydroxylation sites is 1. The molecule has 0 spiro atoms. The molecule has 0 saturated heterocycles. The summed E-state index contributed by atoms with van der Waals surface area (Å²) in [5.74, 6) is -0.650. The number of nitrogens with zero attached hydrogens (tertiary/aromatic N) is 3. The molecule has 2 saturated carbocycles. The van der Waals surface area contributed by atoms with Crippen LogP contribution in [0.4, 0.5) is 5.69 Å². The van der Waals surface area contributed by atoms with Crippen LogP contribution >= 0.6 is 0 Å². The number of nitro benzene ring substituents is 1. The summed E-state index contributed by atoms with van der Waals surface area (Å²) >= 11 is 0. The van der Waals surface area contributed by atoms with Gasteiger partial charge in [-0.25, -0.2) is 4.79 Å². The monoisotopic (exact) mass is 496 g/mol. The highest BCUT2D eigenvalue weighted by molar-refractivity contribution is 5.91. The summed E-state index contributed by atoms with van der Waals surface area (Å²) < 4.78 is 6.56. The molecule has 2 aliphatic carbocycles. The molecule has 1 aromatic rings. The van der Waals surface area contributed by atoms with E-state index in [0.29, 0.717) is 17.2 Å². The van der Waals surface area contributed by atoms with E-state index < -0.39 is 16.8 Å². The Labute approximate surface area is 211 Å². The Morgan fingerprint density at radius 1 is 1.17 bits per heavy atom. The van der Waals surface area contributed by atoms with E-state index >= 15 is 0 Å². The predicted molar refractivity (Wildman–Crippen MR) is 134 cm³/mol. The van der Waals surface area contributed by atoms with Gasteiger partial charge in [-0.1, -0.05) is 43.9 Å². The number of nitro groups is 1. The number of rotatable bonds is 7. The first-order valence-electron chi connectivity index (χ1n) is 13.2. The highest BCUT2D eigenvalue weighted by atomic mass is 16.6. The molecule has 0 aromatic heterocycles. The molecular weight excluding hydrogens is 460 g/mol. The zero-order chi connectivity index (χ0) is 25.6. The summed E-state index contributed by atoms with van der Waals surface area (Å²) in [6.45, 7) is 3.82. The summed E-state index contributed by atoms with van der Waals surface area (Å²) in [6.07, 6.45) is 8.83. The van der Waals surface area contributed by atoms with Gasteiger partial charge in [-0.3, -0.25) is 15.1 Å². The second kappa shape index (κ2) is 9.86. The van der Waals surface area contributed by atoms with Gasteiger partial charge < -0.3 is 15.2 Å². The van der Waals surface area contributed by atoms with Gasteiger partial charge >= 0.3 is 5.97 Å². The predicted octanol–water partition coefficient (Wildman–Crippen LogP) is 4.88. The van der Waals surface area contributed by atoms with Crippen LogP contribution in [0.5, 0.6) is 0 Å². The van der Waals surface area contributed by atoms with E-state index in [0.717, 1.165) is 49.9 Å². The van der Waals surface area contributed by atoms with Gasteiger partial charge in [-0.15, -0.1) is 0 Å². The van der Waals surface area contributed by atoms with Crippen molar-refractivity contribution in [3.8, 4) is 0 Å². The molecule has 9 heteroatoms. The van der Waals surface area contributed by atoms with Crippen LogP contribution in [0.15, 0.2) is 46.9 Å². The second-order valence-corrected chi connectivity index (χ2v) is 10.6. The van der Waals surface area contributed by atoms with Gasteiger partial charge in [-0.05, 0) is 45.4 Å². The van der Waals surface area contributed by atoms with Crippen LogP contribution in [-0.2, 0) is 9.53 Å². The Morgan fingerprint density at radius 3 is 2.44 bits per heavy atom. The molecule has 0 radical (unpaired) electrons. The maximum Gasteiger partial charge on any atom is 0.334 e. The van der Waals surface area contributed by atoms with Crippen molar-refractivity contribution in [2.24, 2.45) is 5.92 Å². The van der Waals surface area contributed by atoms with Crippen LogP contribution in [0.1, 0.15) is 76.7 Å². The van der Waals surface area contributed by atoms with Crippen molar-refractivity contribution < 1.29 is 19.6 Å². The van der Waals surface area contributed by atoms with Gasteiger partial charge in [0.2, 0.25) is 0 Å². The fourth-order valence-electron chi connectivity index (χ4n) is 6.93. The normalized spacial score (nSPS) is 26.5. The fourth-order valence-corrected chi connectivity index (χ4v) is 6.93. The molecule has 3 atom stereocenters. The van der Waals surface area contributed by atoms with Crippen LogP contribution in [0.25, 0.3) is 0 Å². The molecule has 3 unspecified atom stereocenters. The molecule has 2 heterocycles. The molecule has 194 valence electrons. The molecule has 5 rings (SSSR count). The van der Waals surface area contributed by atoms with E-state index in [-0.39, 0.29) is 29.6 Å². The molecule has 9 nitrogen and oxygen atoms in total. The number of ether oxygens (including phenoxy) is 1. The lowest BCUT2D eigenvalue weighted by Gasteiger charge is -2.40. The number of hydrazine groups is 1. The zero-order valence-electron chi connectivity index (χ0n) is 21.3. The summed E-state index contributed by atoms with van der Waals surface area (Å²) in [7, 11) is 1.99. The van der Waals surface area contributed by atoms with Crippen LogP contribution in [0.3, 0.4) is 0 Å². The summed E-state index contributed by atoms with van der Waals surface area (Å²) in [5.41, 5.74) is 1.96. The molecule has 2 aliphatic heterocycles. The number of allylic oxidation sites excluding steroid dienone is 1. The number of hydrogen-bond acceptors (Lipinski definition) is 7. The molecule has 2 N–H and O–H groups in total. The first-order chi connectivity index (χ1) is 17.3. The number of benzene rings is 1. The minimum absolute atomic E-state index is 0.0515. The largest absolute Gasteiger partial charge is 0.478 e. The first kappa shape index (κ1) is 24.8. The second-order valence-electron chi connectivity index (χ2n) is 10.6. The molecular formula is C27H36N4O5. The highest BCUT2D eigenvalue weighted by Crippen LogP contribution is 2.51. The number of dihydropyridines is 1. The minimum Gasteiger partial charge on any atom is -0.478 e. The Bertz CT molecular complexity index is 1100. The first-order valence-corrected chi connectivity index (χ1v) is 13.2. The summed E-state index contributed by atoms with van der Waals surface area (Å²) in [6, 6.07) is 6.46. The van der Waals surface area contributed by atoms with E-state index in [1.807, 2.05) is 7.05 Å². The third-order valence-corrected chi connectivity index (χ3v) is 8.44. The van der Waals surface area contributed by atoms with Crippen molar-refractivity contribution >= 4 is 11.7 Å². The van der Waals surface area contributed by atoms with Gasteiger partial charge in [0.15, 0.2) is 0 Å². The third kappa shape index (κ3) is 4.18. The van der Waals surface area contributed by atoms with Gasteiger partial charge in [0.25, 0.3) is 5.69 Å². The number of carbonyl (C=O) groups is 1. The number of hydrogen-bond donors (Lipinski definition) is 2.